The molecule has 20 heavy (non-hydrogen) atoms. The van der Waals surface area contributed by atoms with Crippen molar-refractivity contribution in [3.8, 4) is 0 Å². The lowest BCUT2D eigenvalue weighted by Crippen LogP contribution is -2.44. The molecule has 0 bridgehead atoms. The van der Waals surface area contributed by atoms with Gasteiger partial charge in [0.15, 0.2) is 5.84 Å². The highest BCUT2D eigenvalue weighted by Gasteiger charge is 2.33. The quantitative estimate of drug-likeness (QED) is 0.860. The Balaban J connectivity index is 1.96. The number of hydrogen-bond donors (Lipinski definition) is 0. The highest BCUT2D eigenvalue weighted by Crippen LogP contribution is 2.33. The fraction of sp³-hybridized carbons (Fsp3) is 0.429. The Morgan fingerprint density at radius 1 is 1.25 bits per heavy atom. The van der Waals surface area contributed by atoms with Gasteiger partial charge in [-0.2, -0.15) is 5.10 Å². The van der Waals surface area contributed by atoms with Crippen molar-refractivity contribution in [3.05, 3.63) is 33.3 Å². The highest BCUT2D eigenvalue weighted by atomic mass is 35.5. The summed E-state index contributed by atoms with van der Waals surface area (Å²) < 4.78 is 0. The summed E-state index contributed by atoms with van der Waals surface area (Å²) in [5.41, 5.74) is 2.05. The summed E-state index contributed by atoms with van der Waals surface area (Å²) in [6.07, 6.45) is 1.99. The number of carbonyl (C=O) groups excluding carboxylic acids is 1. The maximum Gasteiger partial charge on any atom is 0.262 e. The number of hydrazone groups is 1. The Hall–Kier alpha value is -1.26. The van der Waals surface area contributed by atoms with E-state index in [0.29, 0.717) is 29.7 Å². The molecule has 0 saturated heterocycles. The summed E-state index contributed by atoms with van der Waals surface area (Å²) in [4.78, 5) is 14.0. The largest absolute Gasteiger partial charge is 0.341 e. The predicted molar refractivity (Wildman–Crippen MR) is 80.0 cm³/mol. The first-order valence-corrected chi connectivity index (χ1v) is 7.48. The fourth-order valence-electron chi connectivity index (χ4n) is 2.52. The highest BCUT2D eigenvalue weighted by molar-refractivity contribution is 6.42. The molecule has 106 valence electrons. The third kappa shape index (κ3) is 2.27. The number of nitrogens with zero attached hydrogens (tertiary/aromatic N) is 3. The molecule has 2 aliphatic rings. The third-order valence-electron chi connectivity index (χ3n) is 3.60. The molecule has 0 atom stereocenters. The average Bonchev–Trinajstić information content (AvgIpc) is 2.73. The van der Waals surface area contributed by atoms with Crippen molar-refractivity contribution in [1.29, 1.82) is 0 Å². The molecule has 0 radical (unpaired) electrons. The number of amides is 1. The first-order valence-electron chi connectivity index (χ1n) is 6.72. The number of amidine groups is 1. The standard InChI is InChI=1S/C14H15Cl2N3O/c1-2-3-4-19-13(20)8-18-7-9-5-11(15)12(16)6-10(9)14(18)17-19/h5-6H,2-4,7-8H2,1H3. The normalized spacial score (nSPS) is 17.1. The Morgan fingerprint density at radius 3 is 2.75 bits per heavy atom. The Labute approximate surface area is 127 Å². The zero-order valence-electron chi connectivity index (χ0n) is 11.2. The van der Waals surface area contributed by atoms with Crippen LogP contribution in [-0.4, -0.2) is 34.7 Å². The molecule has 0 aromatic heterocycles. The van der Waals surface area contributed by atoms with Gasteiger partial charge in [0.05, 0.1) is 10.0 Å². The van der Waals surface area contributed by atoms with E-state index in [0.717, 1.165) is 29.8 Å². The van der Waals surface area contributed by atoms with Gasteiger partial charge in [-0.3, -0.25) is 4.79 Å². The van der Waals surface area contributed by atoms with Crippen LogP contribution < -0.4 is 0 Å². The van der Waals surface area contributed by atoms with Gasteiger partial charge >= 0.3 is 0 Å². The minimum atomic E-state index is 0.0483. The lowest BCUT2D eigenvalue weighted by atomic mass is 10.1. The van der Waals surface area contributed by atoms with Crippen LogP contribution in [0.1, 0.15) is 30.9 Å². The second-order valence-corrected chi connectivity index (χ2v) is 5.89. The summed E-state index contributed by atoms with van der Waals surface area (Å²) in [5, 5.41) is 7.14. The van der Waals surface area contributed by atoms with Gasteiger partial charge in [0.25, 0.3) is 5.91 Å². The summed E-state index contributed by atoms with van der Waals surface area (Å²) in [6.45, 7) is 3.80. The third-order valence-corrected chi connectivity index (χ3v) is 4.32. The van der Waals surface area contributed by atoms with Crippen LogP contribution in [0.3, 0.4) is 0 Å². The average molecular weight is 312 g/mol. The topological polar surface area (TPSA) is 35.9 Å². The second kappa shape index (κ2) is 5.26. The lowest BCUT2D eigenvalue weighted by Gasteiger charge is -2.29. The maximum absolute atomic E-state index is 12.1. The molecule has 0 fully saturated rings. The van der Waals surface area contributed by atoms with E-state index in [9.17, 15) is 4.79 Å². The van der Waals surface area contributed by atoms with Crippen molar-refractivity contribution in [2.75, 3.05) is 13.1 Å². The van der Waals surface area contributed by atoms with E-state index in [4.69, 9.17) is 23.2 Å². The molecular formula is C14H15Cl2N3O. The molecule has 2 heterocycles. The van der Waals surface area contributed by atoms with Gasteiger partial charge in [-0.25, -0.2) is 5.01 Å². The molecule has 0 N–H and O–H groups in total. The van der Waals surface area contributed by atoms with Crippen LogP contribution in [0, 0.1) is 0 Å². The van der Waals surface area contributed by atoms with Gasteiger partial charge in [0.2, 0.25) is 0 Å². The number of hydrogen-bond acceptors (Lipinski definition) is 3. The van der Waals surface area contributed by atoms with Gasteiger partial charge < -0.3 is 4.90 Å². The van der Waals surface area contributed by atoms with E-state index in [1.165, 1.54) is 0 Å². The molecule has 6 heteroatoms. The van der Waals surface area contributed by atoms with E-state index < -0.39 is 0 Å². The molecule has 0 aliphatic carbocycles. The summed E-state index contributed by atoms with van der Waals surface area (Å²) in [6, 6.07) is 3.70. The van der Waals surface area contributed by atoms with Gasteiger partial charge in [-0.1, -0.05) is 36.5 Å². The first-order chi connectivity index (χ1) is 9.60. The van der Waals surface area contributed by atoms with Crippen LogP contribution in [0.2, 0.25) is 10.0 Å². The maximum atomic E-state index is 12.1. The number of carbonyl (C=O) groups is 1. The Kier molecular flexibility index (Phi) is 3.61. The molecule has 2 aliphatic heterocycles. The molecule has 1 aromatic rings. The van der Waals surface area contributed by atoms with E-state index >= 15 is 0 Å². The molecule has 1 aromatic carbocycles. The number of halogens is 2. The van der Waals surface area contributed by atoms with Crippen LogP contribution in [0.25, 0.3) is 0 Å². The minimum Gasteiger partial charge on any atom is -0.341 e. The van der Waals surface area contributed by atoms with Crippen molar-refractivity contribution in [2.24, 2.45) is 5.10 Å². The predicted octanol–water partition coefficient (Wildman–Crippen LogP) is 3.11. The van der Waals surface area contributed by atoms with E-state index in [2.05, 4.69) is 12.0 Å². The molecular weight excluding hydrogens is 297 g/mol. The fourth-order valence-corrected chi connectivity index (χ4v) is 2.87. The van der Waals surface area contributed by atoms with Crippen LogP contribution in [0.5, 0.6) is 0 Å². The summed E-state index contributed by atoms with van der Waals surface area (Å²) in [5.74, 6) is 0.876. The van der Waals surface area contributed by atoms with Gasteiger partial charge in [0, 0.05) is 18.7 Å². The van der Waals surface area contributed by atoms with Gasteiger partial charge in [-0.15, -0.1) is 0 Å². The second-order valence-electron chi connectivity index (χ2n) is 5.07. The number of rotatable bonds is 3. The summed E-state index contributed by atoms with van der Waals surface area (Å²) >= 11 is 12.1. The molecule has 4 nitrogen and oxygen atoms in total. The van der Waals surface area contributed by atoms with Crippen molar-refractivity contribution in [1.82, 2.24) is 9.91 Å². The van der Waals surface area contributed by atoms with E-state index in [1.807, 2.05) is 17.0 Å². The molecule has 0 saturated carbocycles. The Morgan fingerprint density at radius 2 is 2.00 bits per heavy atom. The molecule has 3 rings (SSSR count). The molecule has 1 amide bonds. The number of fused-ring (bicyclic) bond motifs is 3. The van der Waals surface area contributed by atoms with Crippen LogP contribution in [-0.2, 0) is 11.3 Å². The summed E-state index contributed by atoms with van der Waals surface area (Å²) in [7, 11) is 0. The van der Waals surface area contributed by atoms with Crippen molar-refractivity contribution in [2.45, 2.75) is 26.3 Å². The van der Waals surface area contributed by atoms with Crippen molar-refractivity contribution >= 4 is 34.9 Å². The SMILES string of the molecule is CCCCN1N=C2c3cc(Cl)c(Cl)cc3CN2CC1=O. The smallest absolute Gasteiger partial charge is 0.262 e. The number of benzene rings is 1. The van der Waals surface area contributed by atoms with Crippen molar-refractivity contribution in [3.63, 3.8) is 0 Å². The van der Waals surface area contributed by atoms with Crippen LogP contribution in [0.15, 0.2) is 17.2 Å². The Bertz CT molecular complexity index is 600. The van der Waals surface area contributed by atoms with Gasteiger partial charge in [0.1, 0.15) is 6.54 Å². The van der Waals surface area contributed by atoms with Crippen LogP contribution >= 0.6 is 23.2 Å². The molecule has 0 unspecified atom stereocenters. The lowest BCUT2D eigenvalue weighted by molar-refractivity contribution is -0.132. The van der Waals surface area contributed by atoms with Crippen LogP contribution in [0.4, 0.5) is 0 Å². The zero-order valence-corrected chi connectivity index (χ0v) is 12.7. The van der Waals surface area contributed by atoms with E-state index in [1.54, 1.807) is 5.01 Å². The minimum absolute atomic E-state index is 0.0483. The van der Waals surface area contributed by atoms with E-state index in [-0.39, 0.29) is 5.91 Å². The molecule has 0 spiro atoms. The van der Waals surface area contributed by atoms with Gasteiger partial charge in [-0.05, 0) is 24.1 Å². The number of unbranched alkanes of at least 4 members (excludes halogenated alkanes) is 1. The monoisotopic (exact) mass is 311 g/mol. The zero-order chi connectivity index (χ0) is 14.3. The first kappa shape index (κ1) is 13.7. The van der Waals surface area contributed by atoms with Crippen molar-refractivity contribution < 1.29 is 4.79 Å².